The Kier molecular flexibility index (Phi) is 3.99. The minimum atomic E-state index is 0.522. The van der Waals surface area contributed by atoms with Gasteiger partial charge >= 0.3 is 0 Å². The second kappa shape index (κ2) is 5.50. The molecule has 0 radical (unpaired) electrons. The summed E-state index contributed by atoms with van der Waals surface area (Å²) in [6.07, 6.45) is 0. The highest BCUT2D eigenvalue weighted by Crippen LogP contribution is 2.25. The zero-order valence-electron chi connectivity index (χ0n) is 11.0. The van der Waals surface area contributed by atoms with Crippen LogP contribution in [-0.4, -0.2) is 4.98 Å². The Hall–Kier alpha value is -1.39. The van der Waals surface area contributed by atoms with Crippen LogP contribution < -0.4 is 10.5 Å². The molecule has 0 aliphatic heterocycles. The topological polar surface area (TPSA) is 48.1 Å². The lowest BCUT2D eigenvalue weighted by atomic mass is 10.1. The molecule has 3 nitrogen and oxygen atoms in total. The number of ether oxygens (including phenoxy) is 1. The number of hydrogen-bond donors (Lipinski definition) is 1. The van der Waals surface area contributed by atoms with Gasteiger partial charge in [-0.2, -0.15) is 0 Å². The summed E-state index contributed by atoms with van der Waals surface area (Å²) in [7, 11) is 0. The smallest absolute Gasteiger partial charge is 0.131 e. The van der Waals surface area contributed by atoms with Gasteiger partial charge < -0.3 is 10.5 Å². The molecule has 2 aromatic rings. The normalized spacial score (nSPS) is 10.7. The molecule has 1 aromatic heterocycles. The van der Waals surface area contributed by atoms with Crippen molar-refractivity contribution in [2.24, 2.45) is 5.73 Å². The number of rotatable bonds is 4. The van der Waals surface area contributed by atoms with Crippen LogP contribution in [0.5, 0.6) is 5.75 Å². The maximum Gasteiger partial charge on any atom is 0.131 e. The van der Waals surface area contributed by atoms with Crippen molar-refractivity contribution in [1.82, 2.24) is 4.98 Å². The molecule has 0 fully saturated rings. The van der Waals surface area contributed by atoms with Crippen LogP contribution in [0.25, 0.3) is 0 Å². The Bertz CT molecular complexity index is 525. The summed E-state index contributed by atoms with van der Waals surface area (Å²) in [6, 6.07) is 4.16. The minimum Gasteiger partial charge on any atom is -0.487 e. The molecule has 1 heterocycles. The van der Waals surface area contributed by atoms with Crippen molar-refractivity contribution < 1.29 is 4.74 Å². The molecule has 0 saturated heterocycles. The summed E-state index contributed by atoms with van der Waals surface area (Å²) < 4.78 is 5.87. The summed E-state index contributed by atoms with van der Waals surface area (Å²) in [5.74, 6) is 0.942. The molecule has 0 spiro atoms. The van der Waals surface area contributed by atoms with Crippen LogP contribution >= 0.6 is 11.3 Å². The van der Waals surface area contributed by atoms with E-state index >= 15 is 0 Å². The third kappa shape index (κ3) is 2.89. The first kappa shape index (κ1) is 13.1. The summed E-state index contributed by atoms with van der Waals surface area (Å²) >= 11 is 1.65. The lowest BCUT2D eigenvalue weighted by Crippen LogP contribution is -2.02. The summed E-state index contributed by atoms with van der Waals surface area (Å²) in [5.41, 5.74) is 10.0. The Morgan fingerprint density at radius 3 is 2.39 bits per heavy atom. The molecule has 2 rings (SSSR count). The van der Waals surface area contributed by atoms with Crippen LogP contribution in [0.1, 0.15) is 27.4 Å². The van der Waals surface area contributed by atoms with Gasteiger partial charge in [0.25, 0.3) is 0 Å². The van der Waals surface area contributed by atoms with Gasteiger partial charge in [-0.1, -0.05) is 12.1 Å². The van der Waals surface area contributed by atoms with E-state index < -0.39 is 0 Å². The van der Waals surface area contributed by atoms with E-state index in [1.807, 2.05) is 26.2 Å². The van der Waals surface area contributed by atoms with Crippen molar-refractivity contribution in [1.29, 1.82) is 0 Å². The molecule has 0 atom stereocenters. The minimum absolute atomic E-state index is 0.522. The number of aromatic nitrogens is 1. The van der Waals surface area contributed by atoms with Gasteiger partial charge in [-0.05, 0) is 37.5 Å². The molecule has 0 amide bonds. The van der Waals surface area contributed by atoms with Gasteiger partial charge in [0.15, 0.2) is 0 Å². The molecule has 18 heavy (non-hydrogen) atoms. The van der Waals surface area contributed by atoms with Gasteiger partial charge in [0.05, 0.1) is 10.7 Å². The second-order valence-electron chi connectivity index (χ2n) is 4.41. The van der Waals surface area contributed by atoms with Crippen molar-refractivity contribution in [3.05, 3.63) is 44.9 Å². The third-order valence-corrected chi connectivity index (χ3v) is 3.61. The molecule has 0 unspecified atom stereocenters. The van der Waals surface area contributed by atoms with E-state index in [0.717, 1.165) is 33.1 Å². The van der Waals surface area contributed by atoms with Crippen molar-refractivity contribution >= 4 is 11.3 Å². The lowest BCUT2D eigenvalue weighted by molar-refractivity contribution is 0.297. The van der Waals surface area contributed by atoms with E-state index in [1.165, 1.54) is 0 Å². The van der Waals surface area contributed by atoms with Crippen LogP contribution in [0.2, 0.25) is 0 Å². The van der Waals surface area contributed by atoms with Gasteiger partial charge in [0.1, 0.15) is 12.4 Å². The number of nitrogens with two attached hydrogens (primary N) is 1. The first-order valence-corrected chi connectivity index (χ1v) is 6.82. The van der Waals surface area contributed by atoms with E-state index in [0.29, 0.717) is 13.2 Å². The molecule has 0 saturated carbocycles. The summed E-state index contributed by atoms with van der Waals surface area (Å²) in [6.45, 7) is 7.18. The highest BCUT2D eigenvalue weighted by atomic mass is 32.1. The fourth-order valence-electron chi connectivity index (χ4n) is 2.01. The Balaban J connectivity index is 2.14. The van der Waals surface area contributed by atoms with Crippen LogP contribution in [0, 0.1) is 20.8 Å². The highest BCUT2D eigenvalue weighted by molar-refractivity contribution is 7.09. The first-order chi connectivity index (χ1) is 8.60. The first-order valence-electron chi connectivity index (χ1n) is 5.94. The van der Waals surface area contributed by atoms with E-state index in [9.17, 15) is 0 Å². The summed E-state index contributed by atoms with van der Waals surface area (Å²) in [4.78, 5) is 4.39. The van der Waals surface area contributed by atoms with Gasteiger partial charge in [-0.15, -0.1) is 11.3 Å². The number of hydrogen-bond acceptors (Lipinski definition) is 4. The molecule has 0 bridgehead atoms. The van der Waals surface area contributed by atoms with E-state index in [-0.39, 0.29) is 0 Å². The maximum atomic E-state index is 5.87. The quantitative estimate of drug-likeness (QED) is 0.921. The zero-order valence-corrected chi connectivity index (χ0v) is 11.8. The Morgan fingerprint density at radius 1 is 1.22 bits per heavy atom. The van der Waals surface area contributed by atoms with E-state index in [1.54, 1.807) is 11.3 Å². The molecule has 96 valence electrons. The predicted molar refractivity (Wildman–Crippen MR) is 75.0 cm³/mol. The van der Waals surface area contributed by atoms with Crippen LogP contribution in [0.15, 0.2) is 17.5 Å². The van der Waals surface area contributed by atoms with Crippen LogP contribution in [0.3, 0.4) is 0 Å². The van der Waals surface area contributed by atoms with Gasteiger partial charge in [-0.3, -0.25) is 0 Å². The van der Waals surface area contributed by atoms with Crippen molar-refractivity contribution in [2.75, 3.05) is 0 Å². The van der Waals surface area contributed by atoms with E-state index in [4.69, 9.17) is 10.5 Å². The highest BCUT2D eigenvalue weighted by Gasteiger charge is 2.07. The maximum absolute atomic E-state index is 5.87. The van der Waals surface area contributed by atoms with Gasteiger partial charge in [0, 0.05) is 11.9 Å². The standard InChI is InChI=1S/C14H18N2OS/c1-9-4-12(6-15)5-10(2)14(9)17-7-13-8-18-11(3)16-13/h4-5,8H,6-7,15H2,1-3H3. The largest absolute Gasteiger partial charge is 0.487 e. The number of benzene rings is 1. The lowest BCUT2D eigenvalue weighted by Gasteiger charge is -2.12. The van der Waals surface area contributed by atoms with Crippen molar-refractivity contribution in [3.8, 4) is 5.75 Å². The Labute approximate surface area is 112 Å². The average molecular weight is 262 g/mol. The molecular weight excluding hydrogens is 244 g/mol. The fourth-order valence-corrected chi connectivity index (χ4v) is 2.60. The van der Waals surface area contributed by atoms with Crippen molar-refractivity contribution in [3.63, 3.8) is 0 Å². The van der Waals surface area contributed by atoms with Gasteiger partial charge in [0.2, 0.25) is 0 Å². The molecule has 4 heteroatoms. The molecule has 1 aromatic carbocycles. The van der Waals surface area contributed by atoms with Gasteiger partial charge in [-0.25, -0.2) is 4.98 Å². The van der Waals surface area contributed by atoms with Crippen molar-refractivity contribution in [2.45, 2.75) is 33.9 Å². The predicted octanol–water partition coefficient (Wildman–Crippen LogP) is 3.11. The molecular formula is C14H18N2OS. The zero-order chi connectivity index (χ0) is 13.1. The monoisotopic (exact) mass is 262 g/mol. The fraction of sp³-hybridized carbons (Fsp3) is 0.357. The number of aryl methyl sites for hydroxylation is 3. The van der Waals surface area contributed by atoms with Crippen LogP contribution in [-0.2, 0) is 13.2 Å². The van der Waals surface area contributed by atoms with E-state index in [2.05, 4.69) is 17.1 Å². The molecule has 2 N–H and O–H groups in total. The summed E-state index contributed by atoms with van der Waals surface area (Å²) in [5, 5.41) is 3.11. The van der Waals surface area contributed by atoms with Crippen LogP contribution in [0.4, 0.5) is 0 Å². The average Bonchev–Trinajstić information content (AvgIpc) is 2.73. The molecule has 0 aliphatic carbocycles. The number of nitrogens with zero attached hydrogens (tertiary/aromatic N) is 1. The third-order valence-electron chi connectivity index (χ3n) is 2.79. The Morgan fingerprint density at radius 2 is 1.89 bits per heavy atom. The molecule has 0 aliphatic rings. The second-order valence-corrected chi connectivity index (χ2v) is 5.47. The SMILES string of the molecule is Cc1nc(COc2c(C)cc(CN)cc2C)cs1. The number of thiazole rings is 1.